The number of nitrogens with zero attached hydrogens (tertiary/aromatic N) is 2. The van der Waals surface area contributed by atoms with Gasteiger partial charge in [-0.15, -0.1) is 0 Å². The first kappa shape index (κ1) is 9.80. The van der Waals surface area contributed by atoms with Crippen molar-refractivity contribution in [1.29, 1.82) is 0 Å². The Balaban J connectivity index is 2.32. The Morgan fingerprint density at radius 2 is 1.60 bits per heavy atom. The van der Waals surface area contributed by atoms with Crippen LogP contribution in [0.15, 0.2) is 43.0 Å². The van der Waals surface area contributed by atoms with Crippen LogP contribution in [0.3, 0.4) is 0 Å². The Morgan fingerprint density at radius 3 is 2.13 bits per heavy atom. The molecule has 1 atom stereocenters. The minimum absolute atomic E-state index is 0.0751. The third-order valence-corrected chi connectivity index (χ3v) is 2.33. The molecule has 2 aromatic rings. The molecule has 1 aromatic heterocycles. The quantitative estimate of drug-likeness (QED) is 0.806. The highest BCUT2D eigenvalue weighted by Crippen LogP contribution is 2.19. The van der Waals surface area contributed by atoms with Gasteiger partial charge in [-0.3, -0.25) is 0 Å². The van der Waals surface area contributed by atoms with Crippen molar-refractivity contribution in [3.05, 3.63) is 48.5 Å². The molecule has 0 fully saturated rings. The van der Waals surface area contributed by atoms with E-state index in [1.165, 1.54) is 6.33 Å². The second kappa shape index (κ2) is 4.19. The molecule has 1 heterocycles. The fourth-order valence-electron chi connectivity index (χ4n) is 1.43. The van der Waals surface area contributed by atoms with Gasteiger partial charge in [-0.2, -0.15) is 0 Å². The lowest BCUT2D eigenvalue weighted by molar-refractivity contribution is 0.818. The molecule has 0 aliphatic carbocycles. The Bertz CT molecular complexity index is 420. The van der Waals surface area contributed by atoms with Crippen molar-refractivity contribution >= 4 is 0 Å². The lowest BCUT2D eigenvalue weighted by atomic mass is 10.0. The number of hydrogen-bond acceptors (Lipinski definition) is 3. The predicted molar refractivity (Wildman–Crippen MR) is 60.1 cm³/mol. The molecule has 0 spiro atoms. The summed E-state index contributed by atoms with van der Waals surface area (Å²) < 4.78 is 0. The Kier molecular flexibility index (Phi) is 2.74. The fraction of sp³-hybridized carbons (Fsp3) is 0.167. The first-order chi connectivity index (χ1) is 7.27. The van der Waals surface area contributed by atoms with Crippen LogP contribution in [0.5, 0.6) is 0 Å². The van der Waals surface area contributed by atoms with Crippen LogP contribution in [0.1, 0.15) is 18.5 Å². The first-order valence-electron chi connectivity index (χ1n) is 4.88. The fourth-order valence-corrected chi connectivity index (χ4v) is 1.43. The summed E-state index contributed by atoms with van der Waals surface area (Å²) in [5.74, 6) is 0. The number of rotatable bonds is 2. The van der Waals surface area contributed by atoms with Crippen molar-refractivity contribution < 1.29 is 0 Å². The van der Waals surface area contributed by atoms with E-state index < -0.39 is 0 Å². The van der Waals surface area contributed by atoms with E-state index >= 15 is 0 Å². The maximum atomic E-state index is 5.78. The highest BCUT2D eigenvalue weighted by atomic mass is 14.8. The van der Waals surface area contributed by atoms with E-state index in [1.807, 2.05) is 31.2 Å². The van der Waals surface area contributed by atoms with Crippen molar-refractivity contribution in [3.8, 4) is 11.1 Å². The molecule has 0 saturated carbocycles. The van der Waals surface area contributed by atoms with Gasteiger partial charge in [0.15, 0.2) is 0 Å². The second-order valence-corrected chi connectivity index (χ2v) is 3.54. The van der Waals surface area contributed by atoms with E-state index in [1.54, 1.807) is 12.4 Å². The second-order valence-electron chi connectivity index (χ2n) is 3.54. The molecule has 0 saturated heterocycles. The zero-order valence-electron chi connectivity index (χ0n) is 8.59. The van der Waals surface area contributed by atoms with Crippen LogP contribution < -0.4 is 5.73 Å². The molecule has 1 aromatic carbocycles. The molecule has 15 heavy (non-hydrogen) atoms. The van der Waals surface area contributed by atoms with Crippen LogP contribution in [-0.4, -0.2) is 9.97 Å². The Hall–Kier alpha value is -1.74. The maximum Gasteiger partial charge on any atom is 0.115 e. The molecule has 3 heteroatoms. The van der Waals surface area contributed by atoms with Crippen LogP contribution >= 0.6 is 0 Å². The molecule has 2 N–H and O–H groups in total. The summed E-state index contributed by atoms with van der Waals surface area (Å²) in [5.41, 5.74) is 9.05. The molecule has 3 nitrogen and oxygen atoms in total. The van der Waals surface area contributed by atoms with Gasteiger partial charge < -0.3 is 5.73 Å². The largest absolute Gasteiger partial charge is 0.324 e. The minimum atomic E-state index is 0.0751. The van der Waals surface area contributed by atoms with Gasteiger partial charge in [0.2, 0.25) is 0 Å². The average Bonchev–Trinajstić information content (AvgIpc) is 2.30. The highest BCUT2D eigenvalue weighted by molar-refractivity contribution is 5.61. The zero-order valence-corrected chi connectivity index (χ0v) is 8.59. The Morgan fingerprint density at radius 1 is 1.00 bits per heavy atom. The summed E-state index contributed by atoms with van der Waals surface area (Å²) in [4.78, 5) is 7.97. The van der Waals surface area contributed by atoms with Crippen LogP contribution in [0.25, 0.3) is 11.1 Å². The number of benzene rings is 1. The van der Waals surface area contributed by atoms with Crippen molar-refractivity contribution in [2.45, 2.75) is 13.0 Å². The summed E-state index contributed by atoms with van der Waals surface area (Å²) in [5, 5.41) is 0. The van der Waals surface area contributed by atoms with Crippen LogP contribution in [0.4, 0.5) is 0 Å². The standard InChI is InChI=1S/C12H13N3/c1-9(13)10-2-4-11(5-3-10)12-6-14-8-15-7-12/h2-9H,13H2,1H3/t9-/m1/s1. The zero-order chi connectivity index (χ0) is 10.7. The average molecular weight is 199 g/mol. The third kappa shape index (κ3) is 2.19. The monoisotopic (exact) mass is 199 g/mol. The summed E-state index contributed by atoms with van der Waals surface area (Å²) in [6, 6.07) is 8.22. The van der Waals surface area contributed by atoms with Gasteiger partial charge in [0.1, 0.15) is 6.33 Å². The van der Waals surface area contributed by atoms with Crippen molar-refractivity contribution in [3.63, 3.8) is 0 Å². The highest BCUT2D eigenvalue weighted by Gasteiger charge is 2.00. The molecular formula is C12H13N3. The van der Waals surface area contributed by atoms with Gasteiger partial charge in [0.05, 0.1) is 0 Å². The molecule has 0 amide bonds. The van der Waals surface area contributed by atoms with Crippen LogP contribution in [-0.2, 0) is 0 Å². The summed E-state index contributed by atoms with van der Waals surface area (Å²) in [6.45, 7) is 1.97. The van der Waals surface area contributed by atoms with Crippen LogP contribution in [0, 0.1) is 0 Å². The van der Waals surface area contributed by atoms with Gasteiger partial charge in [0, 0.05) is 24.0 Å². The number of nitrogens with two attached hydrogens (primary N) is 1. The maximum absolute atomic E-state index is 5.78. The van der Waals surface area contributed by atoms with Gasteiger partial charge in [0.25, 0.3) is 0 Å². The van der Waals surface area contributed by atoms with E-state index in [9.17, 15) is 0 Å². The third-order valence-electron chi connectivity index (χ3n) is 2.33. The van der Waals surface area contributed by atoms with Gasteiger partial charge >= 0.3 is 0 Å². The van der Waals surface area contributed by atoms with Gasteiger partial charge in [-0.25, -0.2) is 9.97 Å². The SMILES string of the molecule is C[C@@H](N)c1ccc(-c2cncnc2)cc1. The molecule has 0 bridgehead atoms. The lowest BCUT2D eigenvalue weighted by Crippen LogP contribution is -2.04. The molecule has 0 aliphatic heterocycles. The van der Waals surface area contributed by atoms with Gasteiger partial charge in [-0.05, 0) is 18.1 Å². The van der Waals surface area contributed by atoms with Crippen molar-refractivity contribution in [1.82, 2.24) is 9.97 Å². The summed E-state index contributed by atoms with van der Waals surface area (Å²) in [6.07, 6.45) is 5.13. The predicted octanol–water partition coefficient (Wildman–Crippen LogP) is 2.16. The molecule has 2 rings (SSSR count). The number of hydrogen-bond donors (Lipinski definition) is 1. The number of aromatic nitrogens is 2. The van der Waals surface area contributed by atoms with E-state index in [-0.39, 0.29) is 6.04 Å². The van der Waals surface area contributed by atoms with E-state index in [4.69, 9.17) is 5.73 Å². The van der Waals surface area contributed by atoms with Crippen molar-refractivity contribution in [2.24, 2.45) is 5.73 Å². The van der Waals surface area contributed by atoms with E-state index in [2.05, 4.69) is 9.97 Å². The van der Waals surface area contributed by atoms with Gasteiger partial charge in [-0.1, -0.05) is 24.3 Å². The summed E-state index contributed by atoms with van der Waals surface area (Å²) in [7, 11) is 0. The van der Waals surface area contributed by atoms with E-state index in [0.29, 0.717) is 0 Å². The van der Waals surface area contributed by atoms with Crippen LogP contribution in [0.2, 0.25) is 0 Å². The topological polar surface area (TPSA) is 51.8 Å². The molecule has 0 unspecified atom stereocenters. The molecule has 76 valence electrons. The Labute approximate surface area is 89.0 Å². The summed E-state index contributed by atoms with van der Waals surface area (Å²) >= 11 is 0. The van der Waals surface area contributed by atoms with E-state index in [0.717, 1.165) is 16.7 Å². The smallest absolute Gasteiger partial charge is 0.115 e. The first-order valence-corrected chi connectivity index (χ1v) is 4.88. The molecular weight excluding hydrogens is 186 g/mol. The lowest BCUT2D eigenvalue weighted by Gasteiger charge is -2.06. The minimum Gasteiger partial charge on any atom is -0.324 e. The normalized spacial score (nSPS) is 12.4. The van der Waals surface area contributed by atoms with Crippen molar-refractivity contribution in [2.75, 3.05) is 0 Å². The molecule has 0 radical (unpaired) electrons. The molecule has 0 aliphatic rings.